The second-order valence-corrected chi connectivity index (χ2v) is 8.81. The number of fused-ring (bicyclic) bond motifs is 2. The lowest BCUT2D eigenvalue weighted by molar-refractivity contribution is 0.0953. The van der Waals surface area contributed by atoms with E-state index in [1.54, 1.807) is 24.0 Å². The average molecular weight is 456 g/mol. The van der Waals surface area contributed by atoms with Crippen molar-refractivity contribution < 1.29 is 4.79 Å². The number of unbranched alkanes of at least 4 members (excludes halogenated alkanes) is 1. The van der Waals surface area contributed by atoms with Crippen molar-refractivity contribution in [1.82, 2.24) is 10.3 Å². The second kappa shape index (κ2) is 9.21. The summed E-state index contributed by atoms with van der Waals surface area (Å²) in [5.41, 5.74) is 3.66. The molecule has 0 radical (unpaired) electrons. The molecule has 1 aliphatic rings. The van der Waals surface area contributed by atoms with Gasteiger partial charge in [0.1, 0.15) is 0 Å². The monoisotopic (exact) mass is 455 g/mol. The quantitative estimate of drug-likeness (QED) is 0.347. The van der Waals surface area contributed by atoms with Crippen molar-refractivity contribution in [3.05, 3.63) is 81.6 Å². The molecule has 30 heavy (non-hydrogen) atoms. The molecule has 1 aliphatic heterocycles. The number of amides is 1. The summed E-state index contributed by atoms with van der Waals surface area (Å²) in [6, 6.07) is 14.9. The van der Waals surface area contributed by atoms with Crippen molar-refractivity contribution in [3.63, 3.8) is 0 Å². The maximum Gasteiger partial charge on any atom is 0.251 e. The molecule has 2 heterocycles. The van der Waals surface area contributed by atoms with E-state index >= 15 is 0 Å². The van der Waals surface area contributed by atoms with E-state index in [4.69, 9.17) is 28.2 Å². The summed E-state index contributed by atoms with van der Waals surface area (Å²) in [4.78, 5) is 23.8. The maximum atomic E-state index is 12.5. The minimum Gasteiger partial charge on any atom is -0.352 e. The van der Waals surface area contributed by atoms with Gasteiger partial charge in [0.25, 0.3) is 5.91 Å². The van der Waals surface area contributed by atoms with Crippen LogP contribution in [-0.2, 0) is 0 Å². The third-order valence-electron chi connectivity index (χ3n) is 4.66. The number of carbonyl (C=O) groups is 1. The Labute approximate surface area is 189 Å². The fraction of sp³-hybridized carbons (Fsp3) is 0.174. The number of hydrogen-bond donors (Lipinski definition) is 1. The Bertz CT molecular complexity index is 1130. The van der Waals surface area contributed by atoms with Crippen LogP contribution in [0.2, 0.25) is 10.0 Å². The summed E-state index contributed by atoms with van der Waals surface area (Å²) < 4.78 is 0. The van der Waals surface area contributed by atoms with Crippen LogP contribution < -0.4 is 5.32 Å². The van der Waals surface area contributed by atoms with Gasteiger partial charge < -0.3 is 5.32 Å². The van der Waals surface area contributed by atoms with E-state index in [1.807, 2.05) is 42.5 Å². The lowest BCUT2D eigenvalue weighted by Crippen LogP contribution is -2.24. The van der Waals surface area contributed by atoms with Crippen LogP contribution in [0.3, 0.4) is 0 Å². The molecule has 2 aromatic carbocycles. The van der Waals surface area contributed by atoms with E-state index in [9.17, 15) is 4.79 Å². The molecule has 0 unspecified atom stereocenters. The van der Waals surface area contributed by atoms with Crippen molar-refractivity contribution in [2.45, 2.75) is 29.6 Å². The van der Waals surface area contributed by atoms with Crippen LogP contribution >= 0.6 is 35.0 Å². The van der Waals surface area contributed by atoms with Crippen LogP contribution in [0.25, 0.3) is 0 Å². The Hall–Kier alpha value is -2.34. The number of halogens is 2. The van der Waals surface area contributed by atoms with Crippen LogP contribution in [0, 0.1) is 0 Å². The van der Waals surface area contributed by atoms with Crippen LogP contribution in [0.15, 0.2) is 69.5 Å². The van der Waals surface area contributed by atoms with E-state index in [1.165, 1.54) is 0 Å². The highest BCUT2D eigenvalue weighted by molar-refractivity contribution is 7.99. The summed E-state index contributed by atoms with van der Waals surface area (Å²) in [7, 11) is 0. The number of hydrogen-bond acceptors (Lipinski definition) is 4. The van der Waals surface area contributed by atoms with Gasteiger partial charge in [-0.25, -0.2) is 4.99 Å². The average Bonchev–Trinajstić information content (AvgIpc) is 2.90. The Morgan fingerprint density at radius 1 is 1.03 bits per heavy atom. The van der Waals surface area contributed by atoms with Gasteiger partial charge in [-0.1, -0.05) is 54.4 Å². The molecule has 0 saturated carbocycles. The molecule has 0 atom stereocenters. The molecule has 7 heteroatoms. The van der Waals surface area contributed by atoms with Crippen LogP contribution in [0.1, 0.15) is 41.4 Å². The molecule has 0 fully saturated rings. The Morgan fingerprint density at radius 2 is 1.87 bits per heavy atom. The highest BCUT2D eigenvalue weighted by Crippen LogP contribution is 2.42. The van der Waals surface area contributed by atoms with Crippen LogP contribution in [-0.4, -0.2) is 23.1 Å². The van der Waals surface area contributed by atoms with Crippen LogP contribution in [0.5, 0.6) is 0 Å². The summed E-state index contributed by atoms with van der Waals surface area (Å²) in [5, 5.41) is 4.17. The first-order valence-corrected chi connectivity index (χ1v) is 11.2. The smallest absolute Gasteiger partial charge is 0.251 e. The number of nitrogens with one attached hydrogen (secondary N) is 1. The number of carbonyl (C=O) groups excluding carboxylic acids is 1. The number of rotatable bonds is 5. The number of nitrogens with zero attached hydrogens (tertiary/aromatic N) is 2. The van der Waals surface area contributed by atoms with Gasteiger partial charge in [-0.15, -0.1) is 0 Å². The first-order chi connectivity index (χ1) is 14.5. The largest absolute Gasteiger partial charge is 0.352 e. The van der Waals surface area contributed by atoms with Crippen molar-refractivity contribution in [1.29, 1.82) is 0 Å². The molecule has 1 amide bonds. The van der Waals surface area contributed by atoms with E-state index in [0.29, 0.717) is 33.6 Å². The normalized spacial score (nSPS) is 12.4. The van der Waals surface area contributed by atoms with Gasteiger partial charge in [-0.3, -0.25) is 9.78 Å². The topological polar surface area (TPSA) is 54.4 Å². The van der Waals surface area contributed by atoms with E-state index in [2.05, 4.69) is 17.2 Å². The maximum absolute atomic E-state index is 12.5. The zero-order valence-corrected chi connectivity index (χ0v) is 18.6. The van der Waals surface area contributed by atoms with Crippen molar-refractivity contribution in [2.75, 3.05) is 6.54 Å². The molecule has 152 valence electrons. The molecular formula is C23H19Cl2N3OS. The molecule has 3 aromatic rings. The van der Waals surface area contributed by atoms with Gasteiger partial charge >= 0.3 is 0 Å². The van der Waals surface area contributed by atoms with Gasteiger partial charge in [-0.2, -0.15) is 0 Å². The Morgan fingerprint density at radius 3 is 2.63 bits per heavy atom. The molecule has 1 N–H and O–H groups in total. The van der Waals surface area contributed by atoms with Gasteiger partial charge in [0, 0.05) is 38.7 Å². The highest BCUT2D eigenvalue weighted by atomic mass is 35.5. The highest BCUT2D eigenvalue weighted by Gasteiger charge is 2.21. The Balaban J connectivity index is 1.80. The third kappa shape index (κ3) is 4.53. The summed E-state index contributed by atoms with van der Waals surface area (Å²) in [6.45, 7) is 2.76. The molecule has 4 nitrogen and oxygen atoms in total. The summed E-state index contributed by atoms with van der Waals surface area (Å²) in [6.07, 6.45) is 3.59. The zero-order chi connectivity index (χ0) is 21.1. The first kappa shape index (κ1) is 20.9. The molecule has 0 spiro atoms. The standard InChI is InChI=1S/C23H19Cl2N3OS/c1-2-3-10-26-23(29)14-4-9-20-19(11-14)28-22(18-8-6-16(25)13-27-18)17-7-5-15(24)12-21(17)30-20/h4-9,11-13H,2-3,10H2,1H3,(H,26,29). The lowest BCUT2D eigenvalue weighted by atomic mass is 10.1. The van der Waals surface area contributed by atoms with Gasteiger partial charge in [0.15, 0.2) is 0 Å². The minimum atomic E-state index is -0.0950. The third-order valence-corrected chi connectivity index (χ3v) is 6.24. The Kier molecular flexibility index (Phi) is 6.42. The fourth-order valence-electron chi connectivity index (χ4n) is 3.10. The molecule has 0 bridgehead atoms. The lowest BCUT2D eigenvalue weighted by Gasteiger charge is -2.09. The minimum absolute atomic E-state index is 0.0950. The van der Waals surface area contributed by atoms with Gasteiger partial charge in [-0.05, 0) is 48.9 Å². The SMILES string of the molecule is CCCCNC(=O)c1ccc2c(c1)N=C(c1ccc(Cl)cn1)c1ccc(Cl)cc1S2. The fourth-order valence-corrected chi connectivity index (χ4v) is 4.49. The van der Waals surface area contributed by atoms with Gasteiger partial charge in [0.05, 0.1) is 22.1 Å². The predicted molar refractivity (Wildman–Crippen MR) is 124 cm³/mol. The van der Waals surface area contributed by atoms with Crippen molar-refractivity contribution in [2.24, 2.45) is 4.99 Å². The van der Waals surface area contributed by atoms with Crippen molar-refractivity contribution in [3.8, 4) is 0 Å². The number of aromatic nitrogens is 1. The summed E-state index contributed by atoms with van der Waals surface area (Å²) >= 11 is 13.9. The molecule has 0 aliphatic carbocycles. The van der Waals surface area contributed by atoms with Crippen LogP contribution in [0.4, 0.5) is 5.69 Å². The number of aliphatic imine (C=N–C) groups is 1. The molecule has 1 aromatic heterocycles. The van der Waals surface area contributed by atoms with Crippen molar-refractivity contribution >= 4 is 52.3 Å². The summed E-state index contributed by atoms with van der Waals surface area (Å²) in [5.74, 6) is -0.0950. The number of pyridine rings is 1. The molecular weight excluding hydrogens is 437 g/mol. The van der Waals surface area contributed by atoms with E-state index in [0.717, 1.165) is 33.9 Å². The molecule has 0 saturated heterocycles. The van der Waals surface area contributed by atoms with E-state index < -0.39 is 0 Å². The van der Waals surface area contributed by atoms with Gasteiger partial charge in [0.2, 0.25) is 0 Å². The second-order valence-electron chi connectivity index (χ2n) is 6.86. The first-order valence-electron chi connectivity index (χ1n) is 9.66. The van der Waals surface area contributed by atoms with E-state index in [-0.39, 0.29) is 5.91 Å². The zero-order valence-electron chi connectivity index (χ0n) is 16.3. The predicted octanol–water partition coefficient (Wildman–Crippen LogP) is 6.55. The molecule has 4 rings (SSSR count). The number of benzene rings is 2.